The first-order chi connectivity index (χ1) is 9.92. The topological polar surface area (TPSA) is 58.2 Å². The molecule has 2 N–H and O–H groups in total. The maximum atomic E-state index is 12.3. The van der Waals surface area contributed by atoms with Gasteiger partial charge >= 0.3 is 0 Å². The number of nitrogens with one attached hydrogen (secondary N) is 2. The molecule has 0 aromatic heterocycles. The molecule has 4 nitrogen and oxygen atoms in total. The van der Waals surface area contributed by atoms with Gasteiger partial charge in [0.25, 0.3) is 10.0 Å². The van der Waals surface area contributed by atoms with Gasteiger partial charge in [-0.05, 0) is 49.4 Å². The zero-order chi connectivity index (χ0) is 15.5. The Bertz CT molecular complexity index is 728. The van der Waals surface area contributed by atoms with Gasteiger partial charge in [0.15, 0.2) is 0 Å². The summed E-state index contributed by atoms with van der Waals surface area (Å²) in [6.45, 7) is 2.56. The monoisotopic (exact) mass is 324 g/mol. The van der Waals surface area contributed by atoms with E-state index in [2.05, 4.69) is 10.0 Å². The summed E-state index contributed by atoms with van der Waals surface area (Å²) in [5.41, 5.74) is 2.37. The van der Waals surface area contributed by atoms with Crippen molar-refractivity contribution in [3.8, 4) is 0 Å². The minimum Gasteiger partial charge on any atom is -0.316 e. The van der Waals surface area contributed by atoms with E-state index in [-0.39, 0.29) is 4.90 Å². The summed E-state index contributed by atoms with van der Waals surface area (Å²) in [6, 6.07) is 11.8. The summed E-state index contributed by atoms with van der Waals surface area (Å²) >= 11 is 6.00. The standard InChI is InChI=1S/C15H17ClN2O2S/c1-11-3-6-13(9-15(11)16)18-21(19,20)14-7-4-12(5-8-14)10-17-2/h3-9,17-18H,10H2,1-2H3. The van der Waals surface area contributed by atoms with Gasteiger partial charge in [-0.15, -0.1) is 0 Å². The van der Waals surface area contributed by atoms with E-state index in [0.29, 0.717) is 17.3 Å². The second-order valence-corrected chi connectivity index (χ2v) is 6.83. The van der Waals surface area contributed by atoms with E-state index in [0.717, 1.165) is 11.1 Å². The second kappa shape index (κ2) is 6.47. The lowest BCUT2D eigenvalue weighted by Crippen LogP contribution is -2.13. The molecule has 21 heavy (non-hydrogen) atoms. The molecule has 0 amide bonds. The van der Waals surface area contributed by atoms with Crippen molar-refractivity contribution in [2.45, 2.75) is 18.4 Å². The number of sulfonamides is 1. The zero-order valence-electron chi connectivity index (χ0n) is 11.9. The van der Waals surface area contributed by atoms with Crippen molar-refractivity contribution >= 4 is 27.3 Å². The van der Waals surface area contributed by atoms with Crippen LogP contribution in [-0.2, 0) is 16.6 Å². The van der Waals surface area contributed by atoms with Crippen molar-refractivity contribution < 1.29 is 8.42 Å². The van der Waals surface area contributed by atoms with Gasteiger partial charge in [0.2, 0.25) is 0 Å². The summed E-state index contributed by atoms with van der Waals surface area (Å²) in [5.74, 6) is 0. The molecule has 0 radical (unpaired) electrons. The lowest BCUT2D eigenvalue weighted by atomic mass is 10.2. The van der Waals surface area contributed by atoms with Gasteiger partial charge in [0, 0.05) is 11.6 Å². The van der Waals surface area contributed by atoms with Gasteiger partial charge in [-0.2, -0.15) is 0 Å². The molecule has 2 aromatic rings. The van der Waals surface area contributed by atoms with Crippen LogP contribution in [0.3, 0.4) is 0 Å². The summed E-state index contributed by atoms with van der Waals surface area (Å²) in [4.78, 5) is 0.221. The van der Waals surface area contributed by atoms with Crippen molar-refractivity contribution in [2.24, 2.45) is 0 Å². The van der Waals surface area contributed by atoms with E-state index < -0.39 is 10.0 Å². The van der Waals surface area contributed by atoms with E-state index in [1.165, 1.54) is 0 Å². The maximum Gasteiger partial charge on any atom is 0.261 e. The largest absolute Gasteiger partial charge is 0.316 e. The number of aryl methyl sites for hydroxylation is 1. The molecule has 0 aliphatic heterocycles. The molecule has 0 fully saturated rings. The third kappa shape index (κ3) is 3.97. The van der Waals surface area contributed by atoms with Crippen LogP contribution in [0.4, 0.5) is 5.69 Å². The maximum absolute atomic E-state index is 12.3. The summed E-state index contributed by atoms with van der Waals surface area (Å²) in [5, 5.41) is 3.54. The fourth-order valence-electron chi connectivity index (χ4n) is 1.86. The number of benzene rings is 2. The molecule has 112 valence electrons. The molecule has 0 saturated heterocycles. The molecule has 0 atom stereocenters. The molecule has 0 saturated carbocycles. The number of hydrogen-bond acceptors (Lipinski definition) is 3. The predicted octanol–water partition coefficient (Wildman–Crippen LogP) is 3.17. The number of hydrogen-bond donors (Lipinski definition) is 2. The summed E-state index contributed by atoms with van der Waals surface area (Å²) < 4.78 is 27.1. The summed E-state index contributed by atoms with van der Waals surface area (Å²) in [6.07, 6.45) is 0. The van der Waals surface area contributed by atoms with Gasteiger partial charge in [0.1, 0.15) is 0 Å². The Morgan fingerprint density at radius 1 is 1.10 bits per heavy atom. The molecule has 0 aliphatic carbocycles. The van der Waals surface area contributed by atoms with Gasteiger partial charge in [-0.3, -0.25) is 4.72 Å². The molecule has 0 aliphatic rings. The van der Waals surface area contributed by atoms with Crippen LogP contribution in [0, 0.1) is 6.92 Å². The van der Waals surface area contributed by atoms with E-state index in [9.17, 15) is 8.42 Å². The van der Waals surface area contributed by atoms with Gasteiger partial charge in [0.05, 0.1) is 10.6 Å². The van der Waals surface area contributed by atoms with Gasteiger partial charge in [-0.1, -0.05) is 29.8 Å². The minimum absolute atomic E-state index is 0.221. The summed E-state index contributed by atoms with van der Waals surface area (Å²) in [7, 11) is -1.76. The second-order valence-electron chi connectivity index (χ2n) is 4.74. The van der Waals surface area contributed by atoms with Crippen LogP contribution in [0.2, 0.25) is 5.02 Å². The Kier molecular flexibility index (Phi) is 4.88. The fourth-order valence-corrected chi connectivity index (χ4v) is 3.09. The average Bonchev–Trinajstić information content (AvgIpc) is 2.44. The van der Waals surface area contributed by atoms with E-state index in [1.54, 1.807) is 42.5 Å². The van der Waals surface area contributed by atoms with Crippen LogP contribution in [0.5, 0.6) is 0 Å². The van der Waals surface area contributed by atoms with Crippen molar-refractivity contribution in [1.82, 2.24) is 5.32 Å². The van der Waals surface area contributed by atoms with Gasteiger partial charge < -0.3 is 5.32 Å². The van der Waals surface area contributed by atoms with E-state index in [1.807, 2.05) is 14.0 Å². The highest BCUT2D eigenvalue weighted by atomic mass is 35.5. The first-order valence-electron chi connectivity index (χ1n) is 6.45. The normalized spacial score (nSPS) is 11.4. The third-order valence-corrected chi connectivity index (χ3v) is 4.84. The Labute approximate surface area is 130 Å². The fraction of sp³-hybridized carbons (Fsp3) is 0.200. The van der Waals surface area contributed by atoms with Crippen molar-refractivity contribution in [3.63, 3.8) is 0 Å². The molecule has 6 heteroatoms. The van der Waals surface area contributed by atoms with Gasteiger partial charge in [-0.25, -0.2) is 8.42 Å². The lowest BCUT2D eigenvalue weighted by molar-refractivity contribution is 0.601. The Morgan fingerprint density at radius 3 is 2.33 bits per heavy atom. The van der Waals surface area contributed by atoms with Crippen LogP contribution in [0.1, 0.15) is 11.1 Å². The predicted molar refractivity (Wildman–Crippen MR) is 86.2 cm³/mol. The van der Waals surface area contributed by atoms with Crippen molar-refractivity contribution in [3.05, 3.63) is 58.6 Å². The van der Waals surface area contributed by atoms with Crippen LogP contribution >= 0.6 is 11.6 Å². The van der Waals surface area contributed by atoms with Crippen molar-refractivity contribution in [2.75, 3.05) is 11.8 Å². The first kappa shape index (κ1) is 15.8. The first-order valence-corrected chi connectivity index (χ1v) is 8.31. The molecule has 2 rings (SSSR count). The van der Waals surface area contributed by atoms with E-state index >= 15 is 0 Å². The molecule has 2 aromatic carbocycles. The smallest absolute Gasteiger partial charge is 0.261 e. The Morgan fingerprint density at radius 2 is 1.76 bits per heavy atom. The highest BCUT2D eigenvalue weighted by Crippen LogP contribution is 2.22. The number of anilines is 1. The van der Waals surface area contributed by atoms with Crippen LogP contribution in [0.25, 0.3) is 0 Å². The zero-order valence-corrected chi connectivity index (χ0v) is 13.4. The Hall–Kier alpha value is -1.56. The molecule has 0 bridgehead atoms. The number of halogens is 1. The average molecular weight is 325 g/mol. The van der Waals surface area contributed by atoms with E-state index in [4.69, 9.17) is 11.6 Å². The molecule has 0 heterocycles. The minimum atomic E-state index is -3.60. The molecular weight excluding hydrogens is 308 g/mol. The molecule has 0 spiro atoms. The van der Waals surface area contributed by atoms with Crippen LogP contribution in [0.15, 0.2) is 47.4 Å². The SMILES string of the molecule is CNCc1ccc(S(=O)(=O)Nc2ccc(C)c(Cl)c2)cc1. The number of rotatable bonds is 5. The molecular formula is C15H17ClN2O2S. The highest BCUT2D eigenvalue weighted by Gasteiger charge is 2.14. The highest BCUT2D eigenvalue weighted by molar-refractivity contribution is 7.92. The van der Waals surface area contributed by atoms with Crippen molar-refractivity contribution in [1.29, 1.82) is 0 Å². The Balaban J connectivity index is 2.23. The van der Waals surface area contributed by atoms with Crippen LogP contribution in [-0.4, -0.2) is 15.5 Å². The lowest BCUT2D eigenvalue weighted by Gasteiger charge is -2.10. The quantitative estimate of drug-likeness (QED) is 0.888. The third-order valence-electron chi connectivity index (χ3n) is 3.04. The van der Waals surface area contributed by atoms with Crippen LogP contribution < -0.4 is 10.0 Å². The molecule has 0 unspecified atom stereocenters.